The number of hydrogen-bond acceptors (Lipinski definition) is 11. The molecule has 14 heteroatoms. The minimum atomic E-state index is -0.562. The zero-order chi connectivity index (χ0) is 34.7. The van der Waals surface area contributed by atoms with E-state index in [9.17, 15) is 9.59 Å². The first-order valence-corrected chi connectivity index (χ1v) is 18.2. The second kappa shape index (κ2) is 14.7. The normalized spacial score (nSPS) is 21.4. The highest BCUT2D eigenvalue weighted by Gasteiger charge is 2.30. The predicted molar refractivity (Wildman–Crippen MR) is 192 cm³/mol. The van der Waals surface area contributed by atoms with Crippen LogP contribution in [0.25, 0.3) is 27.5 Å². The van der Waals surface area contributed by atoms with Crippen LogP contribution < -0.4 is 21.3 Å². The van der Waals surface area contributed by atoms with E-state index in [0.717, 1.165) is 89.5 Å². The number of rotatable bonds is 9. The molecule has 0 aliphatic heterocycles. The molecule has 4 heterocycles. The number of ether oxygens (including phenoxy) is 1. The van der Waals surface area contributed by atoms with Crippen molar-refractivity contribution in [2.24, 2.45) is 0 Å². The lowest BCUT2D eigenvalue weighted by Gasteiger charge is -2.33. The van der Waals surface area contributed by atoms with E-state index in [2.05, 4.69) is 50.3 Å². The number of carbonyl (C=O) groups excluding carboxylic acids is 2. The molecule has 0 radical (unpaired) electrons. The van der Waals surface area contributed by atoms with Crippen molar-refractivity contribution in [2.75, 3.05) is 10.6 Å². The fourth-order valence-corrected chi connectivity index (χ4v) is 7.78. The number of amides is 2. The van der Waals surface area contributed by atoms with Crippen LogP contribution >= 0.6 is 11.3 Å². The van der Waals surface area contributed by atoms with E-state index in [-0.39, 0.29) is 30.1 Å². The van der Waals surface area contributed by atoms with Crippen molar-refractivity contribution >= 4 is 40.5 Å². The fourth-order valence-electron chi connectivity index (χ4n) is 6.74. The Bertz CT molecular complexity index is 1770. The second-order valence-electron chi connectivity index (χ2n) is 14.5. The third-order valence-corrected chi connectivity index (χ3v) is 10.1. The minimum Gasteiger partial charge on any atom is -0.444 e. The summed E-state index contributed by atoms with van der Waals surface area (Å²) < 4.78 is 7.38. The summed E-state index contributed by atoms with van der Waals surface area (Å²) in [6, 6.07) is 6.34. The summed E-state index contributed by atoms with van der Waals surface area (Å²) in [7, 11) is 0. The van der Waals surface area contributed by atoms with Crippen molar-refractivity contribution in [3.63, 3.8) is 0 Å². The standard InChI is InChI=1S/C35H48N10O3S/c1-20(2)38-28-17-29(36-19-25(28)32-43-42-31(49-32)22-11-13-23(14-12-22)39-21(3)46)30-16-15-24-18-37-33(44-45(24)30)40-26-9-7-8-10-27(26)41-34(47)48-35(4,5)6/h15-20,22-23,26-27H,7-14H2,1-6H3,(H,36,38)(H,39,46)(H,40,44)(H,41,47). The molecule has 2 atom stereocenters. The molecule has 2 fully saturated rings. The molecule has 0 bridgehead atoms. The Labute approximate surface area is 291 Å². The van der Waals surface area contributed by atoms with Crippen molar-refractivity contribution in [1.29, 1.82) is 0 Å². The first kappa shape index (κ1) is 34.5. The molecule has 2 amide bonds. The quantitative estimate of drug-likeness (QED) is 0.152. The number of fused-ring (bicyclic) bond motifs is 1. The van der Waals surface area contributed by atoms with E-state index in [4.69, 9.17) is 14.8 Å². The van der Waals surface area contributed by atoms with E-state index in [1.54, 1.807) is 24.5 Å². The highest BCUT2D eigenvalue weighted by Crippen LogP contribution is 2.39. The third-order valence-electron chi connectivity index (χ3n) is 8.95. The molecule has 2 aliphatic rings. The molecule has 49 heavy (non-hydrogen) atoms. The van der Waals surface area contributed by atoms with Crippen LogP contribution in [0.4, 0.5) is 16.4 Å². The molecular weight excluding hydrogens is 641 g/mol. The lowest BCUT2D eigenvalue weighted by atomic mass is 9.86. The van der Waals surface area contributed by atoms with Gasteiger partial charge < -0.3 is 26.0 Å². The summed E-state index contributed by atoms with van der Waals surface area (Å²) in [5.74, 6) is 0.858. The highest BCUT2D eigenvalue weighted by molar-refractivity contribution is 7.14. The second-order valence-corrected chi connectivity index (χ2v) is 15.5. The maximum Gasteiger partial charge on any atom is 0.407 e. The van der Waals surface area contributed by atoms with Crippen LogP contribution in [-0.4, -0.2) is 71.5 Å². The van der Waals surface area contributed by atoms with Crippen LogP contribution in [0, 0.1) is 0 Å². The van der Waals surface area contributed by atoms with Gasteiger partial charge in [0.05, 0.1) is 34.7 Å². The maximum absolute atomic E-state index is 12.6. The first-order valence-electron chi connectivity index (χ1n) is 17.4. The SMILES string of the molecule is CC(=O)NC1CCC(c2nnc(-c3cnc(-c4ccc5cnc(NC6CCCCC6NC(=O)OC(C)(C)C)nn45)cc3NC(C)C)s2)CC1. The van der Waals surface area contributed by atoms with Gasteiger partial charge in [0.15, 0.2) is 5.01 Å². The largest absolute Gasteiger partial charge is 0.444 e. The Hall–Kier alpha value is -4.33. The van der Waals surface area contributed by atoms with Gasteiger partial charge in [-0.05, 0) is 91.3 Å². The Morgan fingerprint density at radius 2 is 1.71 bits per heavy atom. The number of hydrogen-bond donors (Lipinski definition) is 4. The summed E-state index contributed by atoms with van der Waals surface area (Å²) in [6.07, 6.45) is 10.9. The van der Waals surface area contributed by atoms with E-state index in [1.165, 1.54) is 0 Å². The number of nitrogens with one attached hydrogen (secondary N) is 4. The average molecular weight is 689 g/mol. The van der Waals surface area contributed by atoms with E-state index in [0.29, 0.717) is 11.9 Å². The van der Waals surface area contributed by atoms with Crippen molar-refractivity contribution in [1.82, 2.24) is 40.4 Å². The smallest absolute Gasteiger partial charge is 0.407 e. The Balaban J connectivity index is 1.21. The van der Waals surface area contributed by atoms with Gasteiger partial charge in [-0.2, -0.15) is 0 Å². The molecule has 2 aliphatic carbocycles. The van der Waals surface area contributed by atoms with Gasteiger partial charge in [0, 0.05) is 42.9 Å². The summed E-state index contributed by atoms with van der Waals surface area (Å²) in [5.41, 5.74) is 3.72. The number of alkyl carbamates (subject to hydrolysis) is 1. The first-order chi connectivity index (χ1) is 23.4. The lowest BCUT2D eigenvalue weighted by Crippen LogP contribution is -2.50. The predicted octanol–water partition coefficient (Wildman–Crippen LogP) is 6.54. The van der Waals surface area contributed by atoms with Gasteiger partial charge in [0.1, 0.15) is 10.6 Å². The molecule has 0 spiro atoms. The zero-order valence-corrected chi connectivity index (χ0v) is 30.1. The molecule has 0 aromatic carbocycles. The van der Waals surface area contributed by atoms with Crippen LogP contribution in [0.5, 0.6) is 0 Å². The summed E-state index contributed by atoms with van der Waals surface area (Å²) in [5, 5.41) is 29.1. The van der Waals surface area contributed by atoms with Crippen LogP contribution in [0.15, 0.2) is 30.6 Å². The molecule has 6 rings (SSSR count). The molecule has 262 valence electrons. The number of carbonyl (C=O) groups is 2. The van der Waals surface area contributed by atoms with Gasteiger partial charge in [-0.25, -0.2) is 14.3 Å². The minimum absolute atomic E-state index is 0.0268. The Morgan fingerprint density at radius 1 is 0.959 bits per heavy atom. The topological polar surface area (TPSA) is 160 Å². The third kappa shape index (κ3) is 8.64. The van der Waals surface area contributed by atoms with Crippen LogP contribution in [0.3, 0.4) is 0 Å². The molecule has 13 nitrogen and oxygen atoms in total. The van der Waals surface area contributed by atoms with E-state index < -0.39 is 11.7 Å². The van der Waals surface area contributed by atoms with Gasteiger partial charge in [-0.1, -0.05) is 24.2 Å². The van der Waals surface area contributed by atoms with Crippen molar-refractivity contribution in [3.8, 4) is 22.0 Å². The van der Waals surface area contributed by atoms with Gasteiger partial charge >= 0.3 is 6.09 Å². The molecule has 2 saturated carbocycles. The number of anilines is 2. The molecule has 4 aromatic heterocycles. The van der Waals surface area contributed by atoms with Crippen molar-refractivity contribution in [2.45, 2.75) is 129 Å². The number of aromatic nitrogens is 6. The van der Waals surface area contributed by atoms with E-state index in [1.807, 2.05) is 49.7 Å². The van der Waals surface area contributed by atoms with Gasteiger partial charge in [0.2, 0.25) is 11.9 Å². The zero-order valence-electron chi connectivity index (χ0n) is 29.2. The van der Waals surface area contributed by atoms with Gasteiger partial charge in [0.25, 0.3) is 0 Å². The summed E-state index contributed by atoms with van der Waals surface area (Å²) >= 11 is 1.62. The fraction of sp³-hybridized carbons (Fsp3) is 0.571. The molecule has 2 unspecified atom stereocenters. The number of pyridine rings is 1. The van der Waals surface area contributed by atoms with Crippen LogP contribution in [0.2, 0.25) is 0 Å². The molecule has 4 aromatic rings. The average Bonchev–Trinajstić information content (AvgIpc) is 3.69. The molecule has 0 saturated heterocycles. The monoisotopic (exact) mass is 688 g/mol. The summed E-state index contributed by atoms with van der Waals surface area (Å²) in [4.78, 5) is 33.5. The van der Waals surface area contributed by atoms with Crippen LogP contribution in [0.1, 0.15) is 104 Å². The number of nitrogens with zero attached hydrogens (tertiary/aromatic N) is 6. The van der Waals surface area contributed by atoms with Gasteiger partial charge in [-0.3, -0.25) is 9.78 Å². The summed E-state index contributed by atoms with van der Waals surface area (Å²) in [6.45, 7) is 11.4. The van der Waals surface area contributed by atoms with Gasteiger partial charge in [-0.15, -0.1) is 15.3 Å². The lowest BCUT2D eigenvalue weighted by molar-refractivity contribution is -0.119. The molecular formula is C35H48N10O3S. The Kier molecular flexibility index (Phi) is 10.3. The van der Waals surface area contributed by atoms with Crippen molar-refractivity contribution in [3.05, 3.63) is 35.6 Å². The Morgan fingerprint density at radius 3 is 2.43 bits per heavy atom. The highest BCUT2D eigenvalue weighted by atomic mass is 32.1. The van der Waals surface area contributed by atoms with E-state index >= 15 is 0 Å². The van der Waals surface area contributed by atoms with Crippen LogP contribution in [-0.2, 0) is 9.53 Å². The molecule has 4 N–H and O–H groups in total. The van der Waals surface area contributed by atoms with Crippen molar-refractivity contribution < 1.29 is 14.3 Å². The maximum atomic E-state index is 12.6.